The summed E-state index contributed by atoms with van der Waals surface area (Å²) in [5, 5.41) is 10.6. The van der Waals surface area contributed by atoms with Crippen molar-refractivity contribution in [3.8, 4) is 17.2 Å². The number of benzene rings is 1. The number of hydrogen-bond acceptors (Lipinski definition) is 7. The molecule has 232 valence electrons. The lowest BCUT2D eigenvalue weighted by Gasteiger charge is -2.30. The maximum absolute atomic E-state index is 13.8. The number of hydrogen-bond donors (Lipinski definition) is 1. The van der Waals surface area contributed by atoms with Gasteiger partial charge in [0.1, 0.15) is 5.82 Å². The molecular weight excluding hydrogens is 538 g/mol. The summed E-state index contributed by atoms with van der Waals surface area (Å²) in [6.07, 6.45) is 7.69. The van der Waals surface area contributed by atoms with Crippen LogP contribution in [0, 0.1) is 5.92 Å². The third kappa shape index (κ3) is 7.55. The van der Waals surface area contributed by atoms with Gasteiger partial charge in [0.25, 0.3) is 0 Å². The highest BCUT2D eigenvalue weighted by Crippen LogP contribution is 2.47. The monoisotopic (exact) mass is 586 g/mol. The van der Waals surface area contributed by atoms with Crippen LogP contribution in [0.15, 0.2) is 24.5 Å². The maximum Gasteiger partial charge on any atom is 0.308 e. The second kappa shape index (κ2) is 13.8. The predicted octanol–water partition coefficient (Wildman–Crippen LogP) is 2.98. The molecule has 3 atom stereocenters. The average molecular weight is 587 g/mol. The fourth-order valence-corrected chi connectivity index (χ4v) is 6.19. The molecule has 2 aliphatic rings. The van der Waals surface area contributed by atoms with E-state index in [-0.39, 0.29) is 31.2 Å². The van der Waals surface area contributed by atoms with E-state index in [1.54, 1.807) is 13.3 Å². The number of rotatable bonds is 15. The summed E-state index contributed by atoms with van der Waals surface area (Å²) in [6, 6.07) is 3.38. The van der Waals surface area contributed by atoms with Crippen molar-refractivity contribution < 1.29 is 33.4 Å². The van der Waals surface area contributed by atoms with Gasteiger partial charge in [0, 0.05) is 63.9 Å². The molecule has 0 aliphatic carbocycles. The number of methoxy groups -OCH3 is 1. The van der Waals surface area contributed by atoms with Crippen LogP contribution in [0.1, 0.15) is 49.9 Å². The zero-order chi connectivity index (χ0) is 30.4. The molecule has 11 nitrogen and oxygen atoms in total. The Bertz CT molecular complexity index is 1220. The molecule has 1 amide bonds. The van der Waals surface area contributed by atoms with Gasteiger partial charge in [-0.2, -0.15) is 0 Å². The summed E-state index contributed by atoms with van der Waals surface area (Å²) < 4.78 is 19.6. The number of unbranched alkanes of at least 4 members (excludes halogenated alkanes) is 1. The molecule has 1 N–H and O–H groups in total. The summed E-state index contributed by atoms with van der Waals surface area (Å²) in [5.41, 5.74) is 0.811. The van der Waals surface area contributed by atoms with Crippen molar-refractivity contribution in [2.75, 3.05) is 67.8 Å². The number of carbonyl (C=O) groups is 2. The lowest BCUT2D eigenvalue weighted by atomic mass is 9.83. The molecule has 42 heavy (non-hydrogen) atoms. The van der Waals surface area contributed by atoms with Gasteiger partial charge in [0.15, 0.2) is 11.5 Å². The summed E-state index contributed by atoms with van der Waals surface area (Å²) in [7, 11) is 9.98. The molecule has 2 aromatic rings. The molecule has 0 spiro atoms. The number of imidazole rings is 1. The first-order valence-electron chi connectivity index (χ1n) is 15.0. The molecule has 0 radical (unpaired) electrons. The van der Waals surface area contributed by atoms with Crippen molar-refractivity contribution in [3.05, 3.63) is 35.9 Å². The summed E-state index contributed by atoms with van der Waals surface area (Å²) in [4.78, 5) is 35.3. The molecule has 1 fully saturated rings. The summed E-state index contributed by atoms with van der Waals surface area (Å²) in [6.45, 7) is 5.23. The number of carboxylic acids is 1. The van der Waals surface area contributed by atoms with Crippen molar-refractivity contribution in [2.24, 2.45) is 13.0 Å². The van der Waals surface area contributed by atoms with Gasteiger partial charge < -0.3 is 33.3 Å². The Labute approximate surface area is 249 Å². The third-order valence-corrected chi connectivity index (χ3v) is 8.46. The number of aromatic nitrogens is 2. The fourth-order valence-electron chi connectivity index (χ4n) is 6.19. The third-order valence-electron chi connectivity index (χ3n) is 8.46. The highest BCUT2D eigenvalue weighted by Gasteiger charge is 2.47. The standard InChI is InChI=1S/C31H47N5O6/c1-7-8-13-34(14-9-16-36(3,4)5)28(37)20-35-19-23(22-17-25(40-6)30-26(18-22)41-21-42-30)29(31(38)39)24(35)10-11-27-32-12-15-33(27)2/h12,15,17-18,23-24,29H,7-11,13-14,16,19-21H2,1-6H3/p+1/t23-,24+,29-/m1/s1. The summed E-state index contributed by atoms with van der Waals surface area (Å²) in [5.74, 6) is 0.607. The van der Waals surface area contributed by atoms with Crippen molar-refractivity contribution in [2.45, 2.75) is 51.0 Å². The minimum atomic E-state index is -0.873. The van der Waals surface area contributed by atoms with Gasteiger partial charge in [-0.3, -0.25) is 14.5 Å². The van der Waals surface area contributed by atoms with E-state index in [9.17, 15) is 14.7 Å². The largest absolute Gasteiger partial charge is 0.493 e. The predicted molar refractivity (Wildman–Crippen MR) is 159 cm³/mol. The minimum absolute atomic E-state index is 0.0555. The normalized spacial score (nSPS) is 20.2. The lowest BCUT2D eigenvalue weighted by Crippen LogP contribution is -2.45. The Balaban J connectivity index is 1.61. The Morgan fingerprint density at radius 3 is 2.60 bits per heavy atom. The number of quaternary nitrogens is 1. The van der Waals surface area contributed by atoms with E-state index in [1.165, 1.54) is 0 Å². The van der Waals surface area contributed by atoms with Crippen molar-refractivity contribution in [1.29, 1.82) is 0 Å². The topological polar surface area (TPSA) is 106 Å². The van der Waals surface area contributed by atoms with Gasteiger partial charge in [0.05, 0.1) is 47.3 Å². The zero-order valence-corrected chi connectivity index (χ0v) is 26.0. The molecule has 1 aromatic carbocycles. The molecule has 4 rings (SSSR count). The Hall–Kier alpha value is -3.31. The number of ether oxygens (including phenoxy) is 3. The van der Waals surface area contributed by atoms with Crippen LogP contribution in [0.4, 0.5) is 0 Å². The highest BCUT2D eigenvalue weighted by molar-refractivity contribution is 5.79. The van der Waals surface area contributed by atoms with Crippen LogP contribution in [0.2, 0.25) is 0 Å². The smallest absolute Gasteiger partial charge is 0.308 e. The molecule has 11 heteroatoms. The SMILES string of the molecule is CCCCN(CCC[N+](C)(C)C)C(=O)CN1C[C@H](c2cc(OC)c3c(c2)OCO3)[C@@H](C(=O)O)[C@@H]1CCc1nccn1C. The van der Waals surface area contributed by atoms with Gasteiger partial charge in [-0.05, 0) is 30.5 Å². The van der Waals surface area contributed by atoms with E-state index in [2.05, 4.69) is 38.0 Å². The molecular formula is C31H48N5O6+. The second-order valence-corrected chi connectivity index (χ2v) is 12.5. The molecule has 1 aromatic heterocycles. The first-order valence-corrected chi connectivity index (χ1v) is 15.0. The number of aryl methyl sites for hydroxylation is 2. The lowest BCUT2D eigenvalue weighted by molar-refractivity contribution is -0.870. The van der Waals surface area contributed by atoms with Crippen molar-refractivity contribution >= 4 is 11.9 Å². The number of likely N-dealkylation sites (tertiary alicyclic amines) is 1. The number of aliphatic carboxylic acids is 1. The highest BCUT2D eigenvalue weighted by atomic mass is 16.7. The molecule has 0 bridgehead atoms. The van der Waals surface area contributed by atoms with Gasteiger partial charge in [0.2, 0.25) is 18.4 Å². The van der Waals surface area contributed by atoms with E-state index >= 15 is 0 Å². The molecule has 0 unspecified atom stereocenters. The zero-order valence-electron chi connectivity index (χ0n) is 26.0. The van der Waals surface area contributed by atoms with Gasteiger partial charge in [-0.25, -0.2) is 4.98 Å². The van der Waals surface area contributed by atoms with E-state index in [1.807, 2.05) is 34.8 Å². The van der Waals surface area contributed by atoms with Crippen LogP contribution in [-0.4, -0.2) is 115 Å². The van der Waals surface area contributed by atoms with E-state index < -0.39 is 11.9 Å². The first-order chi connectivity index (χ1) is 20.0. The molecule has 2 aliphatic heterocycles. The molecule has 1 saturated heterocycles. The number of amides is 1. The number of fused-ring (bicyclic) bond motifs is 1. The molecule has 3 heterocycles. The number of nitrogens with zero attached hydrogens (tertiary/aromatic N) is 5. The summed E-state index contributed by atoms with van der Waals surface area (Å²) >= 11 is 0. The minimum Gasteiger partial charge on any atom is -0.493 e. The Morgan fingerprint density at radius 2 is 1.95 bits per heavy atom. The van der Waals surface area contributed by atoms with Crippen LogP contribution in [0.5, 0.6) is 17.2 Å². The van der Waals surface area contributed by atoms with Crippen LogP contribution in [0.25, 0.3) is 0 Å². The van der Waals surface area contributed by atoms with E-state index in [0.29, 0.717) is 49.7 Å². The number of carbonyl (C=O) groups excluding carboxylic acids is 1. The van der Waals surface area contributed by atoms with Crippen LogP contribution < -0.4 is 14.2 Å². The quantitative estimate of drug-likeness (QED) is 0.318. The Kier molecular flexibility index (Phi) is 10.4. The van der Waals surface area contributed by atoms with E-state index in [0.717, 1.165) is 41.7 Å². The van der Waals surface area contributed by atoms with Crippen LogP contribution >= 0.6 is 0 Å². The molecule has 0 saturated carbocycles. The van der Waals surface area contributed by atoms with Crippen LogP contribution in [-0.2, 0) is 23.1 Å². The second-order valence-electron chi connectivity index (χ2n) is 12.5. The van der Waals surface area contributed by atoms with Crippen molar-refractivity contribution in [3.63, 3.8) is 0 Å². The maximum atomic E-state index is 13.8. The van der Waals surface area contributed by atoms with Crippen molar-refractivity contribution in [1.82, 2.24) is 19.4 Å². The van der Waals surface area contributed by atoms with Crippen LogP contribution in [0.3, 0.4) is 0 Å². The van der Waals surface area contributed by atoms with Gasteiger partial charge in [-0.1, -0.05) is 13.3 Å². The van der Waals surface area contributed by atoms with Gasteiger partial charge in [-0.15, -0.1) is 0 Å². The first kappa shape index (κ1) is 31.6. The van der Waals surface area contributed by atoms with Gasteiger partial charge >= 0.3 is 5.97 Å². The van der Waals surface area contributed by atoms with E-state index in [4.69, 9.17) is 14.2 Å². The average Bonchev–Trinajstić information content (AvgIpc) is 3.66. The number of carboxylic acid groups (broad SMARTS) is 1. The Morgan fingerprint density at radius 1 is 1.19 bits per heavy atom. The fraction of sp³-hybridized carbons (Fsp3) is 0.645.